The molecule has 1 aliphatic heterocycles. The number of ether oxygens (including phenoxy) is 1. The number of benzene rings is 1. The van der Waals surface area contributed by atoms with Crippen molar-refractivity contribution in [1.29, 1.82) is 0 Å². The Morgan fingerprint density at radius 2 is 2.11 bits per heavy atom. The van der Waals surface area contributed by atoms with Crippen LogP contribution in [-0.4, -0.2) is 28.5 Å². The smallest absolute Gasteiger partial charge is 0.254 e. The van der Waals surface area contributed by atoms with Gasteiger partial charge in [-0.3, -0.25) is 9.69 Å². The number of methoxy groups -OCH3 is 1. The second kappa shape index (κ2) is 7.04. The molecule has 0 fully saturated rings. The van der Waals surface area contributed by atoms with Crippen LogP contribution in [0, 0.1) is 13.8 Å². The Labute approximate surface area is 157 Å². The molecule has 0 atom stereocenters. The molecule has 2 aromatic heterocycles. The van der Waals surface area contributed by atoms with E-state index in [0.29, 0.717) is 24.6 Å². The predicted octanol–water partition coefficient (Wildman–Crippen LogP) is 3.21. The standard InChI is InChI=1S/C21H23N3O3/c1-13-14(2)18(26-3)7-6-15(13)11-24-9-8-16-17(12-24)22-20(23-21(16)25)19-5-4-10-27-19/h4-7,10H,8-9,11-12H2,1-3H3,(H,22,23,25). The maximum Gasteiger partial charge on any atom is 0.254 e. The number of nitrogens with one attached hydrogen (secondary N) is 1. The molecule has 0 radical (unpaired) electrons. The monoisotopic (exact) mass is 365 g/mol. The van der Waals surface area contributed by atoms with Gasteiger partial charge in [-0.1, -0.05) is 6.07 Å². The first-order valence-electron chi connectivity index (χ1n) is 9.08. The highest BCUT2D eigenvalue weighted by Gasteiger charge is 2.22. The van der Waals surface area contributed by atoms with E-state index in [1.807, 2.05) is 6.07 Å². The SMILES string of the molecule is COc1ccc(CN2CCc3c(nc(-c4ccco4)[nH]c3=O)C2)c(C)c1C. The maximum atomic E-state index is 12.4. The molecule has 3 aromatic rings. The number of rotatable bonds is 4. The molecular weight excluding hydrogens is 342 g/mol. The Kier molecular flexibility index (Phi) is 4.58. The normalized spacial score (nSPS) is 14.2. The van der Waals surface area contributed by atoms with E-state index in [2.05, 4.69) is 34.8 Å². The minimum Gasteiger partial charge on any atom is -0.496 e. The van der Waals surface area contributed by atoms with Gasteiger partial charge >= 0.3 is 0 Å². The fourth-order valence-corrected chi connectivity index (χ4v) is 3.64. The van der Waals surface area contributed by atoms with Gasteiger partial charge in [0.15, 0.2) is 11.6 Å². The van der Waals surface area contributed by atoms with E-state index in [-0.39, 0.29) is 5.56 Å². The van der Waals surface area contributed by atoms with Gasteiger partial charge in [-0.25, -0.2) is 4.98 Å². The van der Waals surface area contributed by atoms with Gasteiger partial charge in [0.2, 0.25) is 0 Å². The maximum absolute atomic E-state index is 12.4. The van der Waals surface area contributed by atoms with Crippen LogP contribution in [0.5, 0.6) is 5.75 Å². The van der Waals surface area contributed by atoms with Crippen LogP contribution in [0.15, 0.2) is 39.7 Å². The molecule has 0 aliphatic carbocycles. The Bertz CT molecular complexity index is 1020. The number of furan rings is 1. The molecule has 3 heterocycles. The summed E-state index contributed by atoms with van der Waals surface area (Å²) in [7, 11) is 1.70. The molecule has 27 heavy (non-hydrogen) atoms. The summed E-state index contributed by atoms with van der Waals surface area (Å²) < 4.78 is 10.8. The predicted molar refractivity (Wildman–Crippen MR) is 103 cm³/mol. The van der Waals surface area contributed by atoms with Crippen molar-refractivity contribution in [3.63, 3.8) is 0 Å². The lowest BCUT2D eigenvalue weighted by atomic mass is 10.0. The summed E-state index contributed by atoms with van der Waals surface area (Å²) in [6.45, 7) is 6.52. The Morgan fingerprint density at radius 3 is 2.85 bits per heavy atom. The van der Waals surface area contributed by atoms with E-state index >= 15 is 0 Å². The molecule has 0 unspecified atom stereocenters. The van der Waals surface area contributed by atoms with Gasteiger partial charge in [-0.15, -0.1) is 0 Å². The van der Waals surface area contributed by atoms with Gasteiger partial charge in [0.25, 0.3) is 5.56 Å². The van der Waals surface area contributed by atoms with Crippen molar-refractivity contribution >= 4 is 0 Å². The third kappa shape index (κ3) is 3.28. The second-order valence-corrected chi connectivity index (χ2v) is 6.95. The number of fused-ring (bicyclic) bond motifs is 1. The second-order valence-electron chi connectivity index (χ2n) is 6.95. The zero-order chi connectivity index (χ0) is 19.0. The van der Waals surface area contributed by atoms with Crippen molar-refractivity contribution < 1.29 is 9.15 Å². The summed E-state index contributed by atoms with van der Waals surface area (Å²) >= 11 is 0. The third-order valence-electron chi connectivity index (χ3n) is 5.37. The van der Waals surface area contributed by atoms with Crippen molar-refractivity contribution in [2.24, 2.45) is 0 Å². The van der Waals surface area contributed by atoms with E-state index in [4.69, 9.17) is 9.15 Å². The number of nitrogens with zero attached hydrogens (tertiary/aromatic N) is 2. The number of hydrogen-bond donors (Lipinski definition) is 1. The van der Waals surface area contributed by atoms with Crippen molar-refractivity contribution in [1.82, 2.24) is 14.9 Å². The highest BCUT2D eigenvalue weighted by atomic mass is 16.5. The Morgan fingerprint density at radius 1 is 1.26 bits per heavy atom. The van der Waals surface area contributed by atoms with E-state index in [1.54, 1.807) is 25.5 Å². The quantitative estimate of drug-likeness (QED) is 0.769. The Balaban J connectivity index is 1.60. The summed E-state index contributed by atoms with van der Waals surface area (Å²) in [5.41, 5.74) is 5.23. The average molecular weight is 365 g/mol. The van der Waals surface area contributed by atoms with Crippen molar-refractivity contribution in [2.75, 3.05) is 13.7 Å². The fraction of sp³-hybridized carbons (Fsp3) is 0.333. The van der Waals surface area contributed by atoms with Crippen molar-refractivity contribution in [3.05, 3.63) is 68.8 Å². The van der Waals surface area contributed by atoms with Crippen LogP contribution in [0.2, 0.25) is 0 Å². The van der Waals surface area contributed by atoms with E-state index in [1.165, 1.54) is 16.7 Å². The van der Waals surface area contributed by atoms with Crippen LogP contribution in [0.4, 0.5) is 0 Å². The summed E-state index contributed by atoms with van der Waals surface area (Å²) in [5.74, 6) is 1.98. The van der Waals surface area contributed by atoms with E-state index < -0.39 is 0 Å². The lowest BCUT2D eigenvalue weighted by molar-refractivity contribution is 0.240. The molecule has 140 valence electrons. The summed E-state index contributed by atoms with van der Waals surface area (Å²) in [6, 6.07) is 7.73. The molecule has 1 N–H and O–H groups in total. The lowest BCUT2D eigenvalue weighted by Crippen LogP contribution is -2.35. The first-order valence-corrected chi connectivity index (χ1v) is 9.08. The minimum absolute atomic E-state index is 0.0671. The van der Waals surface area contributed by atoms with Crippen LogP contribution >= 0.6 is 0 Å². The van der Waals surface area contributed by atoms with Crippen LogP contribution in [0.3, 0.4) is 0 Å². The molecule has 1 aliphatic rings. The zero-order valence-corrected chi connectivity index (χ0v) is 15.8. The third-order valence-corrected chi connectivity index (χ3v) is 5.37. The highest BCUT2D eigenvalue weighted by Crippen LogP contribution is 2.26. The molecule has 0 saturated heterocycles. The molecule has 6 heteroatoms. The van der Waals surface area contributed by atoms with E-state index in [9.17, 15) is 4.79 Å². The fourth-order valence-electron chi connectivity index (χ4n) is 3.64. The summed E-state index contributed by atoms with van der Waals surface area (Å²) in [5, 5.41) is 0. The number of aromatic nitrogens is 2. The minimum atomic E-state index is -0.0671. The number of aromatic amines is 1. The van der Waals surface area contributed by atoms with E-state index in [0.717, 1.165) is 30.1 Å². The van der Waals surface area contributed by atoms with Gasteiger partial charge in [0.1, 0.15) is 5.75 Å². The average Bonchev–Trinajstić information content (AvgIpc) is 3.20. The molecule has 0 saturated carbocycles. The van der Waals surface area contributed by atoms with Gasteiger partial charge in [0.05, 0.1) is 19.1 Å². The molecule has 1 aromatic carbocycles. The van der Waals surface area contributed by atoms with Crippen LogP contribution in [-0.2, 0) is 19.5 Å². The number of H-pyrrole nitrogens is 1. The van der Waals surface area contributed by atoms with Gasteiger partial charge < -0.3 is 14.1 Å². The van der Waals surface area contributed by atoms with Gasteiger partial charge in [-0.05, 0) is 55.2 Å². The lowest BCUT2D eigenvalue weighted by Gasteiger charge is -2.28. The van der Waals surface area contributed by atoms with Crippen LogP contribution < -0.4 is 10.3 Å². The van der Waals surface area contributed by atoms with Crippen LogP contribution in [0.25, 0.3) is 11.6 Å². The summed E-state index contributed by atoms with van der Waals surface area (Å²) in [6.07, 6.45) is 2.28. The summed E-state index contributed by atoms with van der Waals surface area (Å²) in [4.78, 5) is 22.3. The molecule has 0 amide bonds. The Hall–Kier alpha value is -2.86. The first kappa shape index (κ1) is 17.5. The molecule has 6 nitrogen and oxygen atoms in total. The van der Waals surface area contributed by atoms with Crippen LogP contribution in [0.1, 0.15) is 27.9 Å². The van der Waals surface area contributed by atoms with Gasteiger partial charge in [0, 0.05) is 25.2 Å². The van der Waals surface area contributed by atoms with Crippen molar-refractivity contribution in [2.45, 2.75) is 33.4 Å². The zero-order valence-electron chi connectivity index (χ0n) is 15.8. The molecule has 4 rings (SSSR count). The topological polar surface area (TPSA) is 71.4 Å². The number of hydrogen-bond acceptors (Lipinski definition) is 5. The molecule has 0 spiro atoms. The first-order chi connectivity index (χ1) is 13.1. The highest BCUT2D eigenvalue weighted by molar-refractivity contribution is 5.47. The largest absolute Gasteiger partial charge is 0.496 e. The molecule has 0 bridgehead atoms. The van der Waals surface area contributed by atoms with Crippen molar-refractivity contribution in [3.8, 4) is 17.3 Å². The van der Waals surface area contributed by atoms with Gasteiger partial charge in [-0.2, -0.15) is 0 Å². The molecular formula is C21H23N3O3.